The molecule has 2 heterocycles. The van der Waals surface area contributed by atoms with Crippen LogP contribution in [0.2, 0.25) is 0 Å². The molecule has 0 spiro atoms. The predicted octanol–water partition coefficient (Wildman–Crippen LogP) is 1.96. The highest BCUT2D eigenvalue weighted by Crippen LogP contribution is 2.24. The molecule has 1 aliphatic heterocycles. The fourth-order valence-corrected chi connectivity index (χ4v) is 4.36. The summed E-state index contributed by atoms with van der Waals surface area (Å²) >= 11 is 0. The molecule has 0 saturated carbocycles. The van der Waals surface area contributed by atoms with Crippen LogP contribution in [0.3, 0.4) is 0 Å². The molecule has 146 valence electrons. The van der Waals surface area contributed by atoms with Gasteiger partial charge in [-0.15, -0.1) is 0 Å². The highest BCUT2D eigenvalue weighted by atomic mass is 32.2. The van der Waals surface area contributed by atoms with Crippen LogP contribution in [0.5, 0.6) is 0 Å². The number of benzene rings is 2. The Kier molecular flexibility index (Phi) is 5.01. The summed E-state index contributed by atoms with van der Waals surface area (Å²) in [7, 11) is -3.12. The summed E-state index contributed by atoms with van der Waals surface area (Å²) in [6.45, 7) is 3.16. The van der Waals surface area contributed by atoms with Gasteiger partial charge in [0.15, 0.2) is 0 Å². The van der Waals surface area contributed by atoms with Gasteiger partial charge in [0.05, 0.1) is 29.2 Å². The Morgan fingerprint density at radius 3 is 2.46 bits per heavy atom. The number of rotatable bonds is 4. The van der Waals surface area contributed by atoms with Gasteiger partial charge in [0.2, 0.25) is 10.0 Å². The molecular formula is C20H23N5O2S. The maximum Gasteiger partial charge on any atom is 0.211 e. The van der Waals surface area contributed by atoms with Crippen LogP contribution >= 0.6 is 0 Å². The third kappa shape index (κ3) is 4.14. The Morgan fingerprint density at radius 1 is 1.04 bits per heavy atom. The Morgan fingerprint density at radius 2 is 1.75 bits per heavy atom. The fourth-order valence-electron chi connectivity index (χ4n) is 3.53. The smallest absolute Gasteiger partial charge is 0.211 e. The number of hydrogen-bond acceptors (Lipinski definition) is 6. The topological polar surface area (TPSA) is 92.4 Å². The lowest BCUT2D eigenvalue weighted by molar-refractivity contribution is 0.182. The molecular weight excluding hydrogens is 374 g/mol. The number of para-hydroxylation sites is 2. The average Bonchev–Trinajstić information content (AvgIpc) is 2.67. The lowest BCUT2D eigenvalue weighted by atomic mass is 10.1. The number of aromatic nitrogens is 2. The lowest BCUT2D eigenvalue weighted by Gasteiger charge is -2.33. The molecule has 0 bridgehead atoms. The van der Waals surface area contributed by atoms with E-state index in [9.17, 15) is 8.42 Å². The van der Waals surface area contributed by atoms with E-state index in [0.717, 1.165) is 34.4 Å². The highest BCUT2D eigenvalue weighted by Gasteiger charge is 2.23. The van der Waals surface area contributed by atoms with Crippen LogP contribution in [0, 0.1) is 0 Å². The van der Waals surface area contributed by atoms with Crippen molar-refractivity contribution in [1.82, 2.24) is 19.2 Å². The molecule has 8 heteroatoms. The van der Waals surface area contributed by atoms with Crippen molar-refractivity contribution in [2.45, 2.75) is 6.54 Å². The van der Waals surface area contributed by atoms with E-state index in [4.69, 9.17) is 10.7 Å². The maximum absolute atomic E-state index is 11.7. The molecule has 2 N–H and O–H groups in total. The maximum atomic E-state index is 11.7. The fraction of sp³-hybridized carbons (Fsp3) is 0.300. The molecule has 1 fully saturated rings. The second-order valence-electron chi connectivity index (χ2n) is 7.15. The van der Waals surface area contributed by atoms with Crippen LogP contribution in [-0.2, 0) is 16.6 Å². The molecule has 28 heavy (non-hydrogen) atoms. The van der Waals surface area contributed by atoms with E-state index in [1.807, 2.05) is 36.4 Å². The molecule has 7 nitrogen and oxygen atoms in total. The first-order chi connectivity index (χ1) is 13.4. The van der Waals surface area contributed by atoms with Gasteiger partial charge < -0.3 is 5.73 Å². The first-order valence-corrected chi connectivity index (χ1v) is 11.0. The summed E-state index contributed by atoms with van der Waals surface area (Å²) in [6.07, 6.45) is 3.03. The lowest BCUT2D eigenvalue weighted by Crippen LogP contribution is -2.47. The van der Waals surface area contributed by atoms with E-state index in [1.54, 1.807) is 6.20 Å². The van der Waals surface area contributed by atoms with Gasteiger partial charge in [0.1, 0.15) is 0 Å². The molecule has 1 aromatic heterocycles. The highest BCUT2D eigenvalue weighted by molar-refractivity contribution is 7.88. The van der Waals surface area contributed by atoms with Crippen molar-refractivity contribution in [3.05, 3.63) is 54.2 Å². The summed E-state index contributed by atoms with van der Waals surface area (Å²) in [4.78, 5) is 11.4. The molecule has 4 rings (SSSR count). The van der Waals surface area contributed by atoms with Gasteiger partial charge in [-0.1, -0.05) is 12.1 Å². The van der Waals surface area contributed by atoms with Crippen LogP contribution in [0.25, 0.3) is 22.3 Å². The van der Waals surface area contributed by atoms with Crippen molar-refractivity contribution in [3.8, 4) is 11.3 Å². The van der Waals surface area contributed by atoms with Crippen molar-refractivity contribution >= 4 is 26.7 Å². The molecule has 0 amide bonds. The van der Waals surface area contributed by atoms with Crippen molar-refractivity contribution in [1.29, 1.82) is 0 Å². The van der Waals surface area contributed by atoms with Crippen molar-refractivity contribution in [2.75, 3.05) is 38.2 Å². The Balaban J connectivity index is 1.54. The van der Waals surface area contributed by atoms with E-state index in [2.05, 4.69) is 16.0 Å². The number of nitrogen functional groups attached to an aromatic ring is 1. The minimum atomic E-state index is -3.12. The van der Waals surface area contributed by atoms with Gasteiger partial charge in [-0.05, 0) is 35.9 Å². The summed E-state index contributed by atoms with van der Waals surface area (Å²) < 4.78 is 24.9. The number of piperazine rings is 1. The van der Waals surface area contributed by atoms with E-state index in [0.29, 0.717) is 31.9 Å². The molecule has 3 aromatic rings. The van der Waals surface area contributed by atoms with Gasteiger partial charge in [0.25, 0.3) is 0 Å². The SMILES string of the molecule is CS(=O)(=O)N1CCN(Cc2cc(N)cc(-c3cnc4ccccc4n3)c2)CC1. The molecule has 1 aliphatic rings. The Labute approximate surface area is 164 Å². The van der Waals surface area contributed by atoms with Gasteiger partial charge >= 0.3 is 0 Å². The van der Waals surface area contributed by atoms with Gasteiger partial charge in [-0.25, -0.2) is 13.4 Å². The van der Waals surface area contributed by atoms with Gasteiger partial charge in [-0.3, -0.25) is 9.88 Å². The molecule has 0 aliphatic carbocycles. The Hall–Kier alpha value is -2.55. The van der Waals surface area contributed by atoms with Crippen molar-refractivity contribution in [2.24, 2.45) is 0 Å². The molecule has 1 saturated heterocycles. The second kappa shape index (κ2) is 7.46. The number of nitrogens with zero attached hydrogens (tertiary/aromatic N) is 4. The third-order valence-corrected chi connectivity index (χ3v) is 6.27. The number of nitrogens with two attached hydrogens (primary N) is 1. The summed E-state index contributed by atoms with van der Waals surface area (Å²) in [5.74, 6) is 0. The predicted molar refractivity (Wildman–Crippen MR) is 111 cm³/mol. The number of anilines is 1. The van der Waals surface area contributed by atoms with Crippen LogP contribution in [0.15, 0.2) is 48.7 Å². The molecule has 0 unspecified atom stereocenters. The second-order valence-corrected chi connectivity index (χ2v) is 9.13. The van der Waals surface area contributed by atoms with Crippen molar-refractivity contribution in [3.63, 3.8) is 0 Å². The summed E-state index contributed by atoms with van der Waals surface area (Å²) in [5.41, 5.74) is 11.3. The average molecular weight is 398 g/mol. The minimum absolute atomic E-state index is 0.518. The Bertz CT molecular complexity index is 1110. The monoisotopic (exact) mass is 397 g/mol. The number of fused-ring (bicyclic) bond motifs is 1. The van der Waals surface area contributed by atoms with Crippen LogP contribution in [-0.4, -0.2) is 60.0 Å². The number of sulfonamides is 1. The van der Waals surface area contributed by atoms with Crippen LogP contribution in [0.1, 0.15) is 5.56 Å². The summed E-state index contributed by atoms with van der Waals surface area (Å²) in [5, 5.41) is 0. The quantitative estimate of drug-likeness (QED) is 0.677. The van der Waals surface area contributed by atoms with Crippen molar-refractivity contribution < 1.29 is 8.42 Å². The zero-order chi connectivity index (χ0) is 19.7. The van der Waals surface area contributed by atoms with E-state index >= 15 is 0 Å². The van der Waals surface area contributed by atoms with E-state index < -0.39 is 10.0 Å². The van der Waals surface area contributed by atoms with E-state index in [-0.39, 0.29) is 0 Å². The number of hydrogen-bond donors (Lipinski definition) is 1. The van der Waals surface area contributed by atoms with Gasteiger partial charge in [0, 0.05) is 44.0 Å². The molecule has 0 atom stereocenters. The standard InChI is InChI=1S/C20H23N5O2S/c1-28(26,27)25-8-6-24(7-9-25)14-15-10-16(12-17(21)11-15)20-13-22-18-4-2-3-5-19(18)23-20/h2-5,10-13H,6-9,14,21H2,1H3. The van der Waals surface area contributed by atoms with Crippen LogP contribution < -0.4 is 5.73 Å². The van der Waals surface area contributed by atoms with E-state index in [1.165, 1.54) is 10.6 Å². The van der Waals surface area contributed by atoms with Gasteiger partial charge in [-0.2, -0.15) is 4.31 Å². The first kappa shape index (κ1) is 18.8. The zero-order valence-corrected chi connectivity index (χ0v) is 16.6. The third-order valence-electron chi connectivity index (χ3n) is 4.97. The molecule has 2 aromatic carbocycles. The summed E-state index contributed by atoms with van der Waals surface area (Å²) in [6, 6.07) is 13.7. The first-order valence-electron chi connectivity index (χ1n) is 9.17. The minimum Gasteiger partial charge on any atom is -0.399 e. The zero-order valence-electron chi connectivity index (χ0n) is 15.7. The largest absolute Gasteiger partial charge is 0.399 e. The van der Waals surface area contributed by atoms with Crippen LogP contribution in [0.4, 0.5) is 5.69 Å². The molecule has 0 radical (unpaired) electrons. The normalized spacial score (nSPS) is 16.5.